The summed E-state index contributed by atoms with van der Waals surface area (Å²) >= 11 is 0. The Morgan fingerprint density at radius 3 is 2.31 bits per heavy atom. The Kier molecular flexibility index (Phi) is 5.49. The third-order valence-corrected chi connectivity index (χ3v) is 6.28. The molecule has 0 radical (unpaired) electrons. The van der Waals surface area contributed by atoms with Crippen molar-refractivity contribution in [3.63, 3.8) is 0 Å². The van der Waals surface area contributed by atoms with E-state index in [2.05, 4.69) is 10.1 Å². The van der Waals surface area contributed by atoms with E-state index in [4.69, 9.17) is 4.52 Å². The van der Waals surface area contributed by atoms with E-state index in [0.29, 0.717) is 22.4 Å². The van der Waals surface area contributed by atoms with Crippen molar-refractivity contribution in [1.82, 2.24) is 15.0 Å². The van der Waals surface area contributed by atoms with Gasteiger partial charge in [0, 0.05) is 19.0 Å². The Hall–Kier alpha value is -2.74. The molecule has 1 unspecified atom stereocenters. The number of benzene rings is 1. The van der Waals surface area contributed by atoms with Gasteiger partial charge < -0.3 is 9.42 Å². The Bertz CT molecular complexity index is 1160. The van der Waals surface area contributed by atoms with Crippen molar-refractivity contribution in [3.8, 4) is 0 Å². The molecule has 1 aromatic carbocycles. The molecule has 0 aliphatic carbocycles. The second-order valence-corrected chi connectivity index (χ2v) is 9.65. The van der Waals surface area contributed by atoms with E-state index < -0.39 is 9.84 Å². The van der Waals surface area contributed by atoms with Gasteiger partial charge in [0.1, 0.15) is 0 Å². The summed E-state index contributed by atoms with van der Waals surface area (Å²) in [5.74, 6) is -0.0482. The third kappa shape index (κ3) is 4.03. The number of aryl methyl sites for hydroxylation is 1. The SMILES string of the molecule is Cc1noc2nc(C(C)C)cc(C(=O)N(C)C(C)c3ccc(S(C)(=O)=O)cc3)c12. The molecular weight excluding hydrogens is 390 g/mol. The first-order valence-electron chi connectivity index (χ1n) is 9.34. The molecule has 1 atom stereocenters. The van der Waals surface area contributed by atoms with Crippen LogP contribution in [0, 0.1) is 6.92 Å². The lowest BCUT2D eigenvalue weighted by Gasteiger charge is -2.26. The smallest absolute Gasteiger partial charge is 0.259 e. The zero-order chi connectivity index (χ0) is 21.5. The van der Waals surface area contributed by atoms with Crippen LogP contribution >= 0.6 is 0 Å². The number of pyridine rings is 1. The molecule has 2 heterocycles. The first kappa shape index (κ1) is 21.0. The van der Waals surface area contributed by atoms with Crippen LogP contribution in [-0.4, -0.2) is 42.7 Å². The Morgan fingerprint density at radius 2 is 1.76 bits per heavy atom. The molecule has 1 amide bonds. The van der Waals surface area contributed by atoms with Crippen molar-refractivity contribution in [2.24, 2.45) is 0 Å². The summed E-state index contributed by atoms with van der Waals surface area (Å²) in [7, 11) is -1.54. The van der Waals surface area contributed by atoms with Gasteiger partial charge in [-0.1, -0.05) is 31.1 Å². The molecule has 7 nitrogen and oxygen atoms in total. The maximum Gasteiger partial charge on any atom is 0.259 e. The first-order chi connectivity index (χ1) is 13.5. The fourth-order valence-corrected chi connectivity index (χ4v) is 3.79. The van der Waals surface area contributed by atoms with Gasteiger partial charge in [-0.3, -0.25) is 4.79 Å². The summed E-state index contributed by atoms with van der Waals surface area (Å²) in [5.41, 5.74) is 3.07. The van der Waals surface area contributed by atoms with Gasteiger partial charge in [-0.15, -0.1) is 0 Å². The van der Waals surface area contributed by atoms with Crippen molar-refractivity contribution in [1.29, 1.82) is 0 Å². The summed E-state index contributed by atoms with van der Waals surface area (Å²) in [6, 6.07) is 8.13. The van der Waals surface area contributed by atoms with E-state index in [1.54, 1.807) is 49.2 Å². The second-order valence-electron chi connectivity index (χ2n) is 7.63. The lowest BCUT2D eigenvalue weighted by molar-refractivity contribution is 0.0744. The van der Waals surface area contributed by atoms with Crippen LogP contribution < -0.4 is 0 Å². The monoisotopic (exact) mass is 415 g/mol. The highest BCUT2D eigenvalue weighted by molar-refractivity contribution is 7.90. The standard InChI is InChI=1S/C21H25N3O4S/c1-12(2)18-11-17(19-13(3)23-28-20(19)22-18)21(25)24(5)14(4)15-7-9-16(10-8-15)29(6,26)27/h7-12,14H,1-6H3. The van der Waals surface area contributed by atoms with E-state index in [-0.39, 0.29) is 22.8 Å². The van der Waals surface area contributed by atoms with Crippen LogP contribution in [0.15, 0.2) is 39.8 Å². The highest BCUT2D eigenvalue weighted by Gasteiger charge is 2.25. The van der Waals surface area contributed by atoms with E-state index in [1.165, 1.54) is 6.26 Å². The largest absolute Gasteiger partial charge is 0.336 e. The van der Waals surface area contributed by atoms with Gasteiger partial charge in [-0.2, -0.15) is 0 Å². The Labute approximate surface area is 170 Å². The molecule has 0 saturated heterocycles. The van der Waals surface area contributed by atoms with Crippen LogP contribution in [-0.2, 0) is 9.84 Å². The third-order valence-electron chi connectivity index (χ3n) is 5.15. The van der Waals surface area contributed by atoms with Crippen LogP contribution in [0.5, 0.6) is 0 Å². The highest BCUT2D eigenvalue weighted by atomic mass is 32.2. The number of sulfone groups is 1. The second kappa shape index (κ2) is 7.59. The molecule has 0 saturated carbocycles. The topological polar surface area (TPSA) is 93.4 Å². The van der Waals surface area contributed by atoms with Crippen LogP contribution in [0.2, 0.25) is 0 Å². The summed E-state index contributed by atoms with van der Waals surface area (Å²) in [6.45, 7) is 7.69. The number of rotatable bonds is 5. The number of hydrogen-bond donors (Lipinski definition) is 0. The number of aromatic nitrogens is 2. The highest BCUT2D eigenvalue weighted by Crippen LogP contribution is 2.28. The van der Waals surface area contributed by atoms with Gasteiger partial charge in [0.15, 0.2) is 9.84 Å². The number of nitrogens with zero attached hydrogens (tertiary/aromatic N) is 3. The summed E-state index contributed by atoms with van der Waals surface area (Å²) in [5, 5.41) is 4.59. The van der Waals surface area contributed by atoms with Crippen molar-refractivity contribution in [3.05, 3.63) is 52.8 Å². The van der Waals surface area contributed by atoms with Crippen LogP contribution in [0.3, 0.4) is 0 Å². The summed E-state index contributed by atoms with van der Waals surface area (Å²) < 4.78 is 28.7. The van der Waals surface area contributed by atoms with Gasteiger partial charge in [0.2, 0.25) is 0 Å². The predicted octanol–water partition coefficient (Wildman–Crippen LogP) is 3.89. The molecule has 0 spiro atoms. The van der Waals surface area contributed by atoms with Crippen molar-refractivity contribution >= 4 is 26.8 Å². The number of hydrogen-bond acceptors (Lipinski definition) is 6. The Morgan fingerprint density at radius 1 is 1.14 bits per heavy atom. The van der Waals surface area contributed by atoms with Gasteiger partial charge in [-0.25, -0.2) is 13.4 Å². The predicted molar refractivity (Wildman–Crippen MR) is 111 cm³/mol. The number of carbonyl (C=O) groups is 1. The molecule has 0 fully saturated rings. The van der Waals surface area contributed by atoms with E-state index in [0.717, 1.165) is 11.3 Å². The summed E-state index contributed by atoms with van der Waals surface area (Å²) in [6.07, 6.45) is 1.17. The van der Waals surface area contributed by atoms with Crippen LogP contribution in [0.4, 0.5) is 0 Å². The fourth-order valence-electron chi connectivity index (χ4n) is 3.16. The number of amides is 1. The van der Waals surface area contributed by atoms with Crippen LogP contribution in [0.25, 0.3) is 11.1 Å². The molecule has 2 aromatic heterocycles. The lowest BCUT2D eigenvalue weighted by atomic mass is 10.0. The first-order valence-corrected chi connectivity index (χ1v) is 11.2. The minimum Gasteiger partial charge on any atom is -0.336 e. The lowest BCUT2D eigenvalue weighted by Crippen LogP contribution is -2.30. The average molecular weight is 416 g/mol. The average Bonchev–Trinajstić information content (AvgIpc) is 3.06. The van der Waals surface area contributed by atoms with E-state index >= 15 is 0 Å². The van der Waals surface area contributed by atoms with Crippen molar-refractivity contribution in [2.45, 2.75) is 44.6 Å². The van der Waals surface area contributed by atoms with Crippen molar-refractivity contribution in [2.75, 3.05) is 13.3 Å². The number of carbonyl (C=O) groups excluding carboxylic acids is 1. The molecule has 3 rings (SSSR count). The fraction of sp³-hybridized carbons (Fsp3) is 0.381. The molecule has 29 heavy (non-hydrogen) atoms. The van der Waals surface area contributed by atoms with Gasteiger partial charge in [-0.05, 0) is 43.5 Å². The zero-order valence-electron chi connectivity index (χ0n) is 17.4. The normalized spacial score (nSPS) is 13.1. The number of fused-ring (bicyclic) bond motifs is 1. The maximum absolute atomic E-state index is 13.4. The molecule has 0 N–H and O–H groups in total. The van der Waals surface area contributed by atoms with Gasteiger partial charge in [0.05, 0.1) is 27.6 Å². The molecular formula is C21H25N3O4S. The summed E-state index contributed by atoms with van der Waals surface area (Å²) in [4.78, 5) is 19.7. The zero-order valence-corrected chi connectivity index (χ0v) is 18.2. The molecule has 3 aromatic rings. The molecule has 8 heteroatoms. The molecule has 154 valence electrons. The van der Waals surface area contributed by atoms with Gasteiger partial charge in [0.25, 0.3) is 11.6 Å². The minimum absolute atomic E-state index is 0.127. The quantitative estimate of drug-likeness (QED) is 0.627. The van der Waals surface area contributed by atoms with E-state index in [9.17, 15) is 13.2 Å². The van der Waals surface area contributed by atoms with Crippen LogP contribution in [0.1, 0.15) is 60.0 Å². The van der Waals surface area contributed by atoms with Gasteiger partial charge >= 0.3 is 0 Å². The van der Waals surface area contributed by atoms with E-state index in [1.807, 2.05) is 20.8 Å². The maximum atomic E-state index is 13.4. The molecule has 0 aliphatic heterocycles. The molecule has 0 bridgehead atoms. The molecule has 0 aliphatic rings. The minimum atomic E-state index is -3.27. The van der Waals surface area contributed by atoms with Crippen molar-refractivity contribution < 1.29 is 17.7 Å². The Balaban J connectivity index is 1.98.